The molecule has 0 spiro atoms. The lowest BCUT2D eigenvalue weighted by atomic mass is 10.2. The lowest BCUT2D eigenvalue weighted by molar-refractivity contribution is -0.114. The van der Waals surface area contributed by atoms with Gasteiger partial charge in [-0.1, -0.05) is 6.07 Å². The van der Waals surface area contributed by atoms with Crippen LogP contribution in [0.5, 0.6) is 0 Å². The van der Waals surface area contributed by atoms with Crippen molar-refractivity contribution in [3.8, 4) is 0 Å². The molecule has 2 aromatic rings. The summed E-state index contributed by atoms with van der Waals surface area (Å²) in [5.41, 5.74) is 1.10. The highest BCUT2D eigenvalue weighted by molar-refractivity contribution is 7.92. The van der Waals surface area contributed by atoms with E-state index in [0.29, 0.717) is 11.4 Å². The molecule has 0 saturated carbocycles. The van der Waals surface area contributed by atoms with Crippen LogP contribution in [0.2, 0.25) is 0 Å². The molecule has 0 bridgehead atoms. The Bertz CT molecular complexity index is 930. The van der Waals surface area contributed by atoms with Crippen molar-refractivity contribution in [1.82, 2.24) is 5.32 Å². The third-order valence-corrected chi connectivity index (χ3v) is 4.76. The molecule has 0 aliphatic heterocycles. The van der Waals surface area contributed by atoms with Crippen LogP contribution in [0.3, 0.4) is 0 Å². The molecule has 7 nitrogen and oxygen atoms in total. The fourth-order valence-corrected chi connectivity index (χ4v) is 3.32. The van der Waals surface area contributed by atoms with Crippen molar-refractivity contribution in [2.75, 3.05) is 29.0 Å². The van der Waals surface area contributed by atoms with Gasteiger partial charge in [-0.25, -0.2) is 12.8 Å². The molecule has 0 fully saturated rings. The third kappa shape index (κ3) is 6.07. The molecule has 0 unspecified atom stereocenters. The van der Waals surface area contributed by atoms with Gasteiger partial charge in [0.05, 0.1) is 18.5 Å². The van der Waals surface area contributed by atoms with Crippen LogP contribution in [-0.2, 0) is 14.8 Å². The van der Waals surface area contributed by atoms with Crippen LogP contribution in [0, 0.1) is 5.82 Å². The monoisotopic (exact) mass is 393 g/mol. The van der Waals surface area contributed by atoms with E-state index >= 15 is 0 Å². The van der Waals surface area contributed by atoms with Crippen molar-refractivity contribution in [3.63, 3.8) is 0 Å². The van der Waals surface area contributed by atoms with E-state index in [0.717, 1.165) is 10.6 Å². The quantitative estimate of drug-likeness (QED) is 0.752. The van der Waals surface area contributed by atoms with Gasteiger partial charge in [0.1, 0.15) is 5.82 Å². The zero-order valence-electron chi connectivity index (χ0n) is 14.9. The second kappa shape index (κ2) is 8.63. The highest BCUT2D eigenvalue weighted by Gasteiger charge is 2.18. The zero-order chi connectivity index (χ0) is 20.0. The van der Waals surface area contributed by atoms with Crippen molar-refractivity contribution < 1.29 is 22.4 Å². The minimum absolute atomic E-state index is 0.00467. The number of nitrogens with one attached hydrogen (secondary N) is 2. The predicted molar refractivity (Wildman–Crippen MR) is 102 cm³/mol. The summed E-state index contributed by atoms with van der Waals surface area (Å²) in [6, 6.07) is 11.4. The highest BCUT2D eigenvalue weighted by atomic mass is 32.2. The number of carbonyl (C=O) groups is 2. The largest absolute Gasteiger partial charge is 0.350 e. The van der Waals surface area contributed by atoms with Gasteiger partial charge in [-0.15, -0.1) is 0 Å². The highest BCUT2D eigenvalue weighted by Crippen LogP contribution is 2.21. The van der Waals surface area contributed by atoms with Crippen LogP contribution >= 0.6 is 0 Å². The van der Waals surface area contributed by atoms with E-state index in [2.05, 4.69) is 10.6 Å². The molecule has 27 heavy (non-hydrogen) atoms. The van der Waals surface area contributed by atoms with Gasteiger partial charge >= 0.3 is 0 Å². The maximum Gasteiger partial charge on any atom is 0.251 e. The molecular weight excluding hydrogens is 373 g/mol. The molecule has 0 aliphatic rings. The third-order valence-electron chi connectivity index (χ3n) is 3.56. The van der Waals surface area contributed by atoms with E-state index in [1.807, 2.05) is 0 Å². The maximum atomic E-state index is 12.9. The summed E-state index contributed by atoms with van der Waals surface area (Å²) in [6.45, 7) is 1.40. The summed E-state index contributed by atoms with van der Waals surface area (Å²) in [5.74, 6) is -1.16. The van der Waals surface area contributed by atoms with E-state index in [1.165, 1.54) is 37.3 Å². The van der Waals surface area contributed by atoms with Gasteiger partial charge in [-0.05, 0) is 42.5 Å². The Morgan fingerprint density at radius 3 is 2.37 bits per heavy atom. The number of halogens is 1. The van der Waals surface area contributed by atoms with Crippen molar-refractivity contribution >= 4 is 33.2 Å². The number of hydrogen-bond donors (Lipinski definition) is 2. The zero-order valence-corrected chi connectivity index (χ0v) is 15.7. The second-order valence-electron chi connectivity index (χ2n) is 5.83. The van der Waals surface area contributed by atoms with Gasteiger partial charge in [0, 0.05) is 24.7 Å². The fourth-order valence-electron chi connectivity index (χ4n) is 2.40. The molecular formula is C18H20FN3O4S. The minimum Gasteiger partial charge on any atom is -0.350 e. The van der Waals surface area contributed by atoms with Crippen LogP contribution in [-0.4, -0.2) is 39.6 Å². The minimum atomic E-state index is -3.61. The Kier molecular flexibility index (Phi) is 6.51. The standard InChI is InChI=1S/C18H20FN3O4S/c1-13(23)21-16-4-3-5-17(12-16)22(27(2,25)26)11-10-20-18(24)14-6-8-15(19)9-7-14/h3-9,12H,10-11H2,1-2H3,(H,20,24)(H,21,23). The van der Waals surface area contributed by atoms with Crippen LogP contribution in [0.25, 0.3) is 0 Å². The lowest BCUT2D eigenvalue weighted by Gasteiger charge is -2.23. The summed E-state index contributed by atoms with van der Waals surface area (Å²) in [6.07, 6.45) is 1.06. The molecule has 9 heteroatoms. The molecule has 144 valence electrons. The summed E-state index contributed by atoms with van der Waals surface area (Å²) >= 11 is 0. The second-order valence-corrected chi connectivity index (χ2v) is 7.74. The van der Waals surface area contributed by atoms with Crippen molar-refractivity contribution in [3.05, 3.63) is 59.9 Å². The van der Waals surface area contributed by atoms with Crippen LogP contribution in [0.4, 0.5) is 15.8 Å². The first-order valence-electron chi connectivity index (χ1n) is 8.06. The van der Waals surface area contributed by atoms with Crippen molar-refractivity contribution in [2.24, 2.45) is 0 Å². The first-order chi connectivity index (χ1) is 12.7. The van der Waals surface area contributed by atoms with Crippen LogP contribution in [0.1, 0.15) is 17.3 Å². The fraction of sp³-hybridized carbons (Fsp3) is 0.222. The number of benzene rings is 2. The molecule has 0 heterocycles. The Balaban J connectivity index is 2.08. The van der Waals surface area contributed by atoms with Gasteiger partial charge in [-0.2, -0.15) is 0 Å². The first-order valence-corrected chi connectivity index (χ1v) is 9.91. The van der Waals surface area contributed by atoms with E-state index in [4.69, 9.17) is 0 Å². The number of carbonyl (C=O) groups excluding carboxylic acids is 2. The smallest absolute Gasteiger partial charge is 0.251 e. The normalized spacial score (nSPS) is 10.9. The van der Waals surface area contributed by atoms with Gasteiger partial charge in [0.15, 0.2) is 0 Å². The molecule has 2 amide bonds. The number of amides is 2. The molecule has 0 aromatic heterocycles. The molecule has 2 rings (SSSR count). The molecule has 0 radical (unpaired) electrons. The van der Waals surface area contributed by atoms with Crippen molar-refractivity contribution in [1.29, 1.82) is 0 Å². The first kappa shape index (κ1) is 20.4. The van der Waals surface area contributed by atoms with E-state index in [1.54, 1.807) is 18.2 Å². The Morgan fingerprint density at radius 1 is 1.11 bits per heavy atom. The SMILES string of the molecule is CC(=O)Nc1cccc(N(CCNC(=O)c2ccc(F)cc2)S(C)(=O)=O)c1. The topological polar surface area (TPSA) is 95.6 Å². The van der Waals surface area contributed by atoms with E-state index in [9.17, 15) is 22.4 Å². The average Bonchev–Trinajstić information content (AvgIpc) is 2.57. The van der Waals surface area contributed by atoms with Gasteiger partial charge in [0.2, 0.25) is 15.9 Å². The molecule has 0 aliphatic carbocycles. The Hall–Kier alpha value is -2.94. The summed E-state index contributed by atoms with van der Waals surface area (Å²) in [5, 5.41) is 5.19. The number of anilines is 2. The number of nitrogens with zero attached hydrogens (tertiary/aromatic N) is 1. The number of sulfonamides is 1. The number of rotatable bonds is 7. The van der Waals surface area contributed by atoms with E-state index in [-0.39, 0.29) is 24.6 Å². The van der Waals surface area contributed by atoms with Gasteiger partial charge < -0.3 is 10.6 Å². The summed E-state index contributed by atoms with van der Waals surface area (Å²) in [4.78, 5) is 23.2. The maximum absolute atomic E-state index is 12.9. The number of hydrogen-bond acceptors (Lipinski definition) is 4. The van der Waals surface area contributed by atoms with Crippen molar-refractivity contribution in [2.45, 2.75) is 6.92 Å². The lowest BCUT2D eigenvalue weighted by Crippen LogP contribution is -2.38. The van der Waals surface area contributed by atoms with E-state index < -0.39 is 21.7 Å². The molecule has 2 aromatic carbocycles. The predicted octanol–water partition coefficient (Wildman–Crippen LogP) is 1.98. The molecule has 0 saturated heterocycles. The Morgan fingerprint density at radius 2 is 1.78 bits per heavy atom. The van der Waals surface area contributed by atoms with Gasteiger partial charge in [-0.3, -0.25) is 13.9 Å². The summed E-state index contributed by atoms with van der Waals surface area (Å²) in [7, 11) is -3.61. The molecule has 0 atom stereocenters. The Labute approximate surface area is 157 Å². The van der Waals surface area contributed by atoms with Crippen LogP contribution in [0.15, 0.2) is 48.5 Å². The molecule has 2 N–H and O–H groups in total. The average molecular weight is 393 g/mol. The summed E-state index contributed by atoms with van der Waals surface area (Å²) < 4.78 is 38.3. The van der Waals surface area contributed by atoms with Gasteiger partial charge in [0.25, 0.3) is 5.91 Å². The van der Waals surface area contributed by atoms with Crippen LogP contribution < -0.4 is 14.9 Å².